The third-order valence-corrected chi connectivity index (χ3v) is 2.43. The smallest absolute Gasteiger partial charge is 0.308 e. The lowest BCUT2D eigenvalue weighted by atomic mass is 9.66. The van der Waals surface area contributed by atoms with Gasteiger partial charge in [-0.2, -0.15) is 0 Å². The summed E-state index contributed by atoms with van der Waals surface area (Å²) in [5.74, 6) is -3.24. The summed E-state index contributed by atoms with van der Waals surface area (Å²) in [7, 11) is 1.20. The average Bonchev–Trinajstić information content (AvgIpc) is 2.29. The maximum atomic E-state index is 11.9. The van der Waals surface area contributed by atoms with Crippen LogP contribution in [0, 0.1) is 17.2 Å². The molecule has 0 amide bonds. The van der Waals surface area contributed by atoms with Crippen LogP contribution < -0.4 is 0 Å². The molecule has 2 heteroatoms. The summed E-state index contributed by atoms with van der Waals surface area (Å²) in [5.41, 5.74) is -0.728. The van der Waals surface area contributed by atoms with Crippen LogP contribution in [0.25, 0.3) is 0 Å². The Morgan fingerprint density at radius 1 is 1.57 bits per heavy atom. The van der Waals surface area contributed by atoms with Gasteiger partial charge < -0.3 is 4.74 Å². The standard InChI is InChI=1S/C12H22O2/c1-12(2,3)10-8-6-5-7-9(10)11(13)14-4/h9-10H,5-8H2,1-4H3/t9-,10-/m0/s1/i5D2,6D,8D,10D/t6?,8?,9-,10-. The highest BCUT2D eigenvalue weighted by atomic mass is 16.5. The first-order valence-corrected chi connectivity index (χ1v) is 4.82. The number of hydrogen-bond acceptors (Lipinski definition) is 2. The number of ether oxygens (including phenoxy) is 1. The van der Waals surface area contributed by atoms with Crippen LogP contribution >= 0.6 is 0 Å². The SMILES string of the molecule is [2H]C1C([2H])[C@]([2H])(C(C)(C)C)[C@@H](C(=O)OC)CC1([2H])[2H]. The zero-order valence-electron chi connectivity index (χ0n) is 14.3. The topological polar surface area (TPSA) is 26.3 Å². The molecule has 1 saturated carbocycles. The van der Waals surface area contributed by atoms with Crippen molar-refractivity contribution >= 4 is 5.97 Å². The van der Waals surface area contributed by atoms with Crippen molar-refractivity contribution < 1.29 is 16.4 Å². The third-order valence-electron chi connectivity index (χ3n) is 2.43. The number of carbonyl (C=O) groups excluding carboxylic acids is 1. The van der Waals surface area contributed by atoms with E-state index < -0.39 is 42.4 Å². The zero-order chi connectivity index (χ0) is 15.2. The van der Waals surface area contributed by atoms with Crippen molar-refractivity contribution in [1.29, 1.82) is 0 Å². The molecule has 0 saturated heterocycles. The van der Waals surface area contributed by atoms with E-state index in [1.165, 1.54) is 7.11 Å². The third kappa shape index (κ3) is 2.49. The van der Waals surface area contributed by atoms with E-state index in [1.54, 1.807) is 20.8 Å². The lowest BCUT2D eigenvalue weighted by molar-refractivity contribution is -0.150. The van der Waals surface area contributed by atoms with Crippen molar-refractivity contribution in [2.24, 2.45) is 17.2 Å². The summed E-state index contributed by atoms with van der Waals surface area (Å²) in [6, 6.07) is 0. The van der Waals surface area contributed by atoms with E-state index in [0.29, 0.717) is 0 Å². The van der Waals surface area contributed by atoms with Crippen molar-refractivity contribution in [3.8, 4) is 0 Å². The van der Waals surface area contributed by atoms with Crippen molar-refractivity contribution in [3.05, 3.63) is 0 Å². The predicted molar refractivity (Wildman–Crippen MR) is 56.9 cm³/mol. The van der Waals surface area contributed by atoms with Crippen LogP contribution in [0.2, 0.25) is 0 Å². The van der Waals surface area contributed by atoms with Gasteiger partial charge in [0.25, 0.3) is 0 Å². The summed E-state index contributed by atoms with van der Waals surface area (Å²) >= 11 is 0. The molecule has 0 aliphatic heterocycles. The van der Waals surface area contributed by atoms with Crippen molar-refractivity contribution in [1.82, 2.24) is 0 Å². The van der Waals surface area contributed by atoms with E-state index >= 15 is 0 Å². The van der Waals surface area contributed by atoms with E-state index in [4.69, 9.17) is 6.85 Å². The van der Waals surface area contributed by atoms with Gasteiger partial charge in [-0.15, -0.1) is 0 Å². The molecule has 14 heavy (non-hydrogen) atoms. The van der Waals surface area contributed by atoms with Crippen LogP contribution in [-0.2, 0) is 9.53 Å². The van der Waals surface area contributed by atoms with Gasteiger partial charge in [-0.1, -0.05) is 33.5 Å². The van der Waals surface area contributed by atoms with Gasteiger partial charge in [-0.05, 0) is 24.1 Å². The van der Waals surface area contributed by atoms with Gasteiger partial charge in [0.15, 0.2) is 0 Å². The minimum absolute atomic E-state index is 0.246. The number of hydrogen-bond donors (Lipinski definition) is 0. The van der Waals surface area contributed by atoms with Gasteiger partial charge >= 0.3 is 5.97 Å². The van der Waals surface area contributed by atoms with E-state index in [1.807, 2.05) is 0 Å². The quantitative estimate of drug-likeness (QED) is 0.612. The average molecular weight is 203 g/mol. The minimum Gasteiger partial charge on any atom is -0.469 e. The molecule has 0 spiro atoms. The fourth-order valence-corrected chi connectivity index (χ4v) is 1.69. The van der Waals surface area contributed by atoms with Crippen LogP contribution in [0.15, 0.2) is 0 Å². The van der Waals surface area contributed by atoms with Crippen LogP contribution in [0.3, 0.4) is 0 Å². The van der Waals surface area contributed by atoms with Crippen LogP contribution in [-0.4, -0.2) is 13.1 Å². The number of carbonyl (C=O) groups is 1. The fraction of sp³-hybridized carbons (Fsp3) is 0.917. The van der Waals surface area contributed by atoms with E-state index in [2.05, 4.69) is 4.74 Å². The number of rotatable bonds is 1. The molecular formula is C12H22O2. The lowest BCUT2D eigenvalue weighted by Gasteiger charge is -2.38. The molecule has 0 bridgehead atoms. The Hall–Kier alpha value is -0.530. The summed E-state index contributed by atoms with van der Waals surface area (Å²) in [5, 5.41) is 0. The largest absolute Gasteiger partial charge is 0.469 e. The zero-order valence-corrected chi connectivity index (χ0v) is 9.26. The molecule has 1 aliphatic carbocycles. The highest BCUT2D eigenvalue weighted by molar-refractivity contribution is 5.72. The molecule has 0 heterocycles. The molecule has 1 rings (SSSR count). The number of methoxy groups -OCH3 is 1. The van der Waals surface area contributed by atoms with Gasteiger partial charge in [0, 0.05) is 6.85 Å². The van der Waals surface area contributed by atoms with Crippen LogP contribution in [0.1, 0.15) is 53.2 Å². The second-order valence-electron chi connectivity index (χ2n) is 4.52. The molecule has 0 aromatic carbocycles. The fourth-order valence-electron chi connectivity index (χ4n) is 1.69. The molecule has 4 atom stereocenters. The Balaban J connectivity index is 3.35. The summed E-state index contributed by atoms with van der Waals surface area (Å²) in [4.78, 5) is 11.9. The molecule has 0 radical (unpaired) electrons. The normalized spacial score (nSPS) is 53.1. The van der Waals surface area contributed by atoms with Gasteiger partial charge in [-0.25, -0.2) is 0 Å². The minimum atomic E-state index is -1.96. The second kappa shape index (κ2) is 4.33. The molecule has 2 unspecified atom stereocenters. The number of esters is 1. The lowest BCUT2D eigenvalue weighted by Crippen LogP contribution is -2.36. The Kier molecular flexibility index (Phi) is 1.90. The second-order valence-corrected chi connectivity index (χ2v) is 4.52. The summed E-state index contributed by atoms with van der Waals surface area (Å²) < 4.78 is 44.9. The molecule has 0 aromatic heterocycles. The first kappa shape index (κ1) is 6.14. The summed E-state index contributed by atoms with van der Waals surface area (Å²) in [6.45, 7) is 5.22. The van der Waals surface area contributed by atoms with Crippen molar-refractivity contribution in [2.75, 3.05) is 7.11 Å². The highest BCUT2D eigenvalue weighted by Crippen LogP contribution is 2.42. The van der Waals surface area contributed by atoms with Crippen molar-refractivity contribution in [2.45, 2.75) is 46.4 Å². The maximum absolute atomic E-state index is 11.9. The Bertz CT molecular complexity index is 366. The molecule has 1 aliphatic rings. The van der Waals surface area contributed by atoms with E-state index in [-0.39, 0.29) is 6.42 Å². The summed E-state index contributed by atoms with van der Waals surface area (Å²) in [6.07, 6.45) is -4.85. The molecule has 0 N–H and O–H groups in total. The Morgan fingerprint density at radius 3 is 2.71 bits per heavy atom. The Labute approximate surface area is 94.0 Å². The van der Waals surface area contributed by atoms with Gasteiger partial charge in [0.2, 0.25) is 0 Å². The highest BCUT2D eigenvalue weighted by Gasteiger charge is 2.38. The predicted octanol–water partition coefficient (Wildman–Crippen LogP) is 3.01. The molecular weight excluding hydrogens is 176 g/mol. The Morgan fingerprint density at radius 2 is 2.21 bits per heavy atom. The van der Waals surface area contributed by atoms with Crippen molar-refractivity contribution in [3.63, 3.8) is 0 Å². The van der Waals surface area contributed by atoms with Gasteiger partial charge in [0.1, 0.15) is 0 Å². The van der Waals surface area contributed by atoms with Gasteiger partial charge in [-0.3, -0.25) is 4.79 Å². The maximum Gasteiger partial charge on any atom is 0.308 e. The van der Waals surface area contributed by atoms with Crippen LogP contribution in [0.5, 0.6) is 0 Å². The molecule has 82 valence electrons. The first-order chi connectivity index (χ1) is 8.39. The van der Waals surface area contributed by atoms with Crippen LogP contribution in [0.4, 0.5) is 0 Å². The molecule has 2 nitrogen and oxygen atoms in total. The van der Waals surface area contributed by atoms with Gasteiger partial charge in [0.05, 0.1) is 13.0 Å². The molecule has 0 aromatic rings. The van der Waals surface area contributed by atoms with E-state index in [0.717, 1.165) is 0 Å². The van der Waals surface area contributed by atoms with E-state index in [9.17, 15) is 4.79 Å². The first-order valence-electron chi connectivity index (χ1n) is 7.47. The monoisotopic (exact) mass is 203 g/mol. The molecule has 1 fully saturated rings.